The molecule has 1 aromatic rings. The van der Waals surface area contributed by atoms with Gasteiger partial charge in [0.2, 0.25) is 0 Å². The fraction of sp³-hybridized carbons (Fsp3) is 0.286. The van der Waals surface area contributed by atoms with E-state index in [1.54, 1.807) is 22.6 Å². The van der Waals surface area contributed by atoms with E-state index in [0.717, 1.165) is 6.07 Å². The topological polar surface area (TPSA) is 12.9 Å². The Morgan fingerprint density at radius 2 is 2.15 bits per heavy atom. The van der Waals surface area contributed by atoms with E-state index in [2.05, 4.69) is 20.9 Å². The van der Waals surface area contributed by atoms with Crippen LogP contribution in [0.15, 0.2) is 6.07 Å². The third-order valence-electron chi connectivity index (χ3n) is 1.37. The van der Waals surface area contributed by atoms with Crippen molar-refractivity contribution in [1.82, 2.24) is 4.98 Å². The smallest absolute Gasteiger partial charge is 0.245 e. The van der Waals surface area contributed by atoms with Crippen LogP contribution in [0, 0.1) is 9.52 Å². The molecule has 0 aliphatic rings. The van der Waals surface area contributed by atoms with Crippen LogP contribution < -0.4 is 0 Å². The van der Waals surface area contributed by atoms with Crippen molar-refractivity contribution >= 4 is 38.5 Å². The molecule has 0 spiro atoms. The first kappa shape index (κ1) is 11.2. The first-order valence-electron chi connectivity index (χ1n) is 3.25. The van der Waals surface area contributed by atoms with Crippen molar-refractivity contribution in [3.63, 3.8) is 0 Å². The van der Waals surface area contributed by atoms with Crippen LogP contribution in [0.4, 0.5) is 13.2 Å². The maximum absolute atomic E-state index is 13.0. The van der Waals surface area contributed by atoms with Crippen LogP contribution in [0.1, 0.15) is 17.7 Å². The predicted octanol–water partition coefficient (Wildman–Crippen LogP) is 3.66. The molecule has 0 saturated heterocycles. The fourth-order valence-corrected chi connectivity index (χ4v) is 1.89. The Labute approximate surface area is 95.0 Å². The summed E-state index contributed by atoms with van der Waals surface area (Å²) in [7, 11) is 0. The Balaban J connectivity index is 3.23. The van der Waals surface area contributed by atoms with Gasteiger partial charge in [0.25, 0.3) is 6.43 Å². The summed E-state index contributed by atoms with van der Waals surface area (Å²) in [6.45, 7) is 0. The van der Waals surface area contributed by atoms with Gasteiger partial charge in [-0.05, 0) is 28.7 Å². The second-order valence-corrected chi connectivity index (χ2v) is 3.82. The van der Waals surface area contributed by atoms with Gasteiger partial charge in [0, 0.05) is 5.33 Å². The van der Waals surface area contributed by atoms with E-state index in [-0.39, 0.29) is 3.70 Å². The summed E-state index contributed by atoms with van der Waals surface area (Å²) >= 11 is 4.67. The SMILES string of the molecule is Fc1cc(CBr)nc(I)c1C(F)F. The third-order valence-corrected chi connectivity index (χ3v) is 2.77. The van der Waals surface area contributed by atoms with Gasteiger partial charge in [-0.3, -0.25) is 0 Å². The van der Waals surface area contributed by atoms with E-state index in [4.69, 9.17) is 0 Å². The molecule has 0 aromatic carbocycles. The van der Waals surface area contributed by atoms with Gasteiger partial charge in [-0.2, -0.15) is 0 Å². The van der Waals surface area contributed by atoms with Gasteiger partial charge < -0.3 is 0 Å². The number of alkyl halides is 3. The summed E-state index contributed by atoms with van der Waals surface area (Å²) in [6, 6.07) is 1.01. The van der Waals surface area contributed by atoms with E-state index >= 15 is 0 Å². The van der Waals surface area contributed by atoms with Crippen LogP contribution in [0.25, 0.3) is 0 Å². The van der Waals surface area contributed by atoms with Gasteiger partial charge in [0.1, 0.15) is 9.52 Å². The molecule has 1 aromatic heterocycles. The Morgan fingerprint density at radius 1 is 1.54 bits per heavy atom. The van der Waals surface area contributed by atoms with E-state index in [9.17, 15) is 13.2 Å². The predicted molar refractivity (Wildman–Crippen MR) is 54.5 cm³/mol. The van der Waals surface area contributed by atoms with E-state index in [1.165, 1.54) is 0 Å². The standard InChI is InChI=1S/C7H4BrF3IN/c8-2-3-1-4(9)5(6(10)11)7(12)13-3/h1,6H,2H2. The van der Waals surface area contributed by atoms with E-state index < -0.39 is 17.8 Å². The number of halogens is 5. The summed E-state index contributed by atoms with van der Waals surface area (Å²) in [4.78, 5) is 3.79. The van der Waals surface area contributed by atoms with Gasteiger partial charge in [-0.15, -0.1) is 0 Å². The zero-order valence-electron chi connectivity index (χ0n) is 6.20. The lowest BCUT2D eigenvalue weighted by Gasteiger charge is -2.05. The highest BCUT2D eigenvalue weighted by atomic mass is 127. The lowest BCUT2D eigenvalue weighted by molar-refractivity contribution is 0.144. The lowest BCUT2D eigenvalue weighted by Crippen LogP contribution is -2.01. The Kier molecular flexibility index (Phi) is 3.96. The highest BCUT2D eigenvalue weighted by Crippen LogP contribution is 2.26. The number of rotatable bonds is 2. The lowest BCUT2D eigenvalue weighted by atomic mass is 10.2. The molecule has 0 amide bonds. The summed E-state index contributed by atoms with van der Waals surface area (Å²) in [5, 5.41) is 0.351. The molecular weight excluding hydrogens is 362 g/mol. The summed E-state index contributed by atoms with van der Waals surface area (Å²) in [6.07, 6.45) is -2.82. The van der Waals surface area contributed by atoms with Crippen molar-refractivity contribution in [1.29, 1.82) is 0 Å². The minimum absolute atomic E-state index is 0.0158. The minimum Gasteiger partial charge on any atom is -0.245 e. The molecule has 1 rings (SSSR count). The number of pyridine rings is 1. The molecule has 72 valence electrons. The molecule has 1 heterocycles. The third kappa shape index (κ3) is 2.55. The molecule has 0 fully saturated rings. The molecule has 0 aliphatic carbocycles. The van der Waals surface area contributed by atoms with Crippen molar-refractivity contribution in [2.45, 2.75) is 11.8 Å². The second-order valence-electron chi connectivity index (χ2n) is 2.23. The maximum atomic E-state index is 13.0. The Morgan fingerprint density at radius 3 is 2.54 bits per heavy atom. The molecule has 0 bridgehead atoms. The van der Waals surface area contributed by atoms with Gasteiger partial charge >= 0.3 is 0 Å². The van der Waals surface area contributed by atoms with Crippen molar-refractivity contribution in [3.05, 3.63) is 26.8 Å². The number of hydrogen-bond acceptors (Lipinski definition) is 1. The van der Waals surface area contributed by atoms with Gasteiger partial charge in [-0.25, -0.2) is 18.2 Å². The van der Waals surface area contributed by atoms with Gasteiger partial charge in [0.15, 0.2) is 0 Å². The van der Waals surface area contributed by atoms with Crippen LogP contribution in [0.3, 0.4) is 0 Å². The minimum atomic E-state index is -2.82. The number of hydrogen-bond donors (Lipinski definition) is 0. The second kappa shape index (κ2) is 4.59. The molecule has 0 aliphatic heterocycles. The zero-order valence-corrected chi connectivity index (χ0v) is 9.94. The van der Waals surface area contributed by atoms with Gasteiger partial charge in [-0.1, -0.05) is 15.9 Å². The van der Waals surface area contributed by atoms with E-state index in [1.807, 2.05) is 0 Å². The Hall–Kier alpha value is 0.150. The molecular formula is C7H4BrF3IN. The number of aromatic nitrogens is 1. The highest BCUT2D eigenvalue weighted by Gasteiger charge is 2.19. The quantitative estimate of drug-likeness (QED) is 0.443. The molecule has 0 atom stereocenters. The zero-order chi connectivity index (χ0) is 10.0. The summed E-state index contributed by atoms with van der Waals surface area (Å²) < 4.78 is 37.5. The fourth-order valence-electron chi connectivity index (χ4n) is 0.804. The monoisotopic (exact) mass is 365 g/mol. The largest absolute Gasteiger partial charge is 0.269 e. The van der Waals surface area contributed by atoms with Crippen LogP contribution >= 0.6 is 38.5 Å². The molecule has 13 heavy (non-hydrogen) atoms. The molecule has 1 nitrogen and oxygen atoms in total. The van der Waals surface area contributed by atoms with Crippen LogP contribution in [-0.2, 0) is 5.33 Å². The van der Waals surface area contributed by atoms with E-state index in [0.29, 0.717) is 11.0 Å². The summed E-state index contributed by atoms with van der Waals surface area (Å²) in [5.41, 5.74) is -0.211. The van der Waals surface area contributed by atoms with Gasteiger partial charge in [0.05, 0.1) is 11.3 Å². The molecule has 0 saturated carbocycles. The van der Waals surface area contributed by atoms with Crippen molar-refractivity contribution in [2.24, 2.45) is 0 Å². The van der Waals surface area contributed by atoms with Crippen LogP contribution in [0.2, 0.25) is 0 Å². The maximum Gasteiger partial charge on any atom is 0.269 e. The molecule has 6 heteroatoms. The normalized spacial score (nSPS) is 10.9. The van der Waals surface area contributed by atoms with Crippen molar-refractivity contribution in [3.8, 4) is 0 Å². The summed E-state index contributed by atoms with van der Waals surface area (Å²) in [5.74, 6) is -0.899. The highest BCUT2D eigenvalue weighted by molar-refractivity contribution is 14.1. The molecule has 0 radical (unpaired) electrons. The average Bonchev–Trinajstić information content (AvgIpc) is 2.02. The molecule has 0 N–H and O–H groups in total. The first-order chi connectivity index (χ1) is 6.06. The average molecular weight is 366 g/mol. The van der Waals surface area contributed by atoms with Crippen LogP contribution in [0.5, 0.6) is 0 Å². The van der Waals surface area contributed by atoms with Crippen LogP contribution in [-0.4, -0.2) is 4.98 Å². The number of nitrogens with zero attached hydrogens (tertiary/aromatic N) is 1. The molecule has 0 unspecified atom stereocenters. The Bertz CT molecular complexity index is 296. The van der Waals surface area contributed by atoms with Crippen molar-refractivity contribution < 1.29 is 13.2 Å². The van der Waals surface area contributed by atoms with Crippen molar-refractivity contribution in [2.75, 3.05) is 0 Å². The first-order valence-corrected chi connectivity index (χ1v) is 5.45.